The van der Waals surface area contributed by atoms with Crippen molar-refractivity contribution in [3.05, 3.63) is 29.8 Å². The van der Waals surface area contributed by atoms with Crippen LogP contribution < -0.4 is 15.8 Å². The van der Waals surface area contributed by atoms with Crippen molar-refractivity contribution in [2.45, 2.75) is 85.1 Å². The Kier molecular flexibility index (Phi) is 8.05. The third kappa shape index (κ3) is 8.74. The van der Waals surface area contributed by atoms with E-state index in [0.717, 1.165) is 11.3 Å². The van der Waals surface area contributed by atoms with Gasteiger partial charge in [-0.3, -0.25) is 4.79 Å². The predicted molar refractivity (Wildman–Crippen MR) is 111 cm³/mol. The molecule has 158 valence electrons. The number of nitrogens with one attached hydrogen (secondary N) is 1. The Labute approximate surface area is 169 Å². The van der Waals surface area contributed by atoms with Gasteiger partial charge in [-0.25, -0.2) is 4.79 Å². The Morgan fingerprint density at radius 2 is 1.54 bits per heavy atom. The lowest BCUT2D eigenvalue weighted by atomic mass is 10.0. The molecule has 1 amide bonds. The lowest BCUT2D eigenvalue weighted by Crippen LogP contribution is -2.52. The number of esters is 1. The summed E-state index contributed by atoms with van der Waals surface area (Å²) in [5.41, 5.74) is 5.87. The SMILES string of the molecule is CC(C)[C@H](N)C(=O)N[C@@H](Cc1ccc(OC(C)(C)C)cc1)C(=O)OC(C)(C)C. The summed E-state index contributed by atoms with van der Waals surface area (Å²) in [5.74, 6) is -0.130. The highest BCUT2D eigenvalue weighted by Crippen LogP contribution is 2.20. The van der Waals surface area contributed by atoms with Gasteiger partial charge in [-0.15, -0.1) is 0 Å². The van der Waals surface area contributed by atoms with Crippen LogP contribution in [0.25, 0.3) is 0 Å². The molecule has 2 atom stereocenters. The highest BCUT2D eigenvalue weighted by atomic mass is 16.6. The fourth-order valence-corrected chi connectivity index (χ4v) is 2.42. The first-order valence-corrected chi connectivity index (χ1v) is 9.75. The van der Waals surface area contributed by atoms with E-state index in [-0.39, 0.29) is 17.4 Å². The zero-order valence-corrected chi connectivity index (χ0v) is 18.5. The van der Waals surface area contributed by atoms with Crippen LogP contribution in [0.15, 0.2) is 24.3 Å². The number of hydrogen-bond donors (Lipinski definition) is 2. The number of hydrogen-bond acceptors (Lipinski definition) is 5. The van der Waals surface area contributed by atoms with E-state index in [4.69, 9.17) is 15.2 Å². The zero-order valence-electron chi connectivity index (χ0n) is 18.5. The van der Waals surface area contributed by atoms with E-state index in [1.807, 2.05) is 58.9 Å². The molecule has 0 fully saturated rings. The van der Waals surface area contributed by atoms with Crippen molar-refractivity contribution in [2.24, 2.45) is 11.7 Å². The van der Waals surface area contributed by atoms with Gasteiger partial charge in [0.05, 0.1) is 6.04 Å². The van der Waals surface area contributed by atoms with Crippen LogP contribution in [0.5, 0.6) is 5.75 Å². The minimum absolute atomic E-state index is 0.0342. The lowest BCUT2D eigenvalue weighted by molar-refractivity contribution is -0.158. The number of ether oxygens (including phenoxy) is 2. The Hall–Kier alpha value is -2.08. The van der Waals surface area contributed by atoms with Crippen LogP contribution in [-0.4, -0.2) is 35.2 Å². The van der Waals surface area contributed by atoms with Gasteiger partial charge < -0.3 is 20.5 Å². The number of amides is 1. The maximum Gasteiger partial charge on any atom is 0.329 e. The Bertz CT molecular complexity index is 655. The largest absolute Gasteiger partial charge is 0.488 e. The molecule has 1 aromatic rings. The van der Waals surface area contributed by atoms with E-state index in [1.54, 1.807) is 20.8 Å². The number of nitrogens with two attached hydrogens (primary N) is 1. The summed E-state index contributed by atoms with van der Waals surface area (Å²) in [6.07, 6.45) is 0.307. The van der Waals surface area contributed by atoms with Gasteiger partial charge >= 0.3 is 5.97 Å². The van der Waals surface area contributed by atoms with Crippen molar-refractivity contribution in [2.75, 3.05) is 0 Å². The highest BCUT2D eigenvalue weighted by Gasteiger charge is 2.29. The molecule has 0 aliphatic carbocycles. The molecular formula is C22H36N2O4. The van der Waals surface area contributed by atoms with Crippen LogP contribution >= 0.6 is 0 Å². The quantitative estimate of drug-likeness (QED) is 0.695. The number of carbonyl (C=O) groups is 2. The maximum absolute atomic E-state index is 12.6. The maximum atomic E-state index is 12.6. The Morgan fingerprint density at radius 1 is 1.00 bits per heavy atom. The van der Waals surface area contributed by atoms with Gasteiger partial charge in [0.15, 0.2) is 0 Å². The monoisotopic (exact) mass is 392 g/mol. The number of rotatable bonds is 7. The molecule has 0 aliphatic rings. The molecule has 0 aromatic heterocycles. The van der Waals surface area contributed by atoms with Crippen molar-refractivity contribution in [1.82, 2.24) is 5.32 Å². The van der Waals surface area contributed by atoms with Crippen LogP contribution in [0.1, 0.15) is 61.0 Å². The highest BCUT2D eigenvalue weighted by molar-refractivity contribution is 5.87. The van der Waals surface area contributed by atoms with Gasteiger partial charge in [-0.05, 0) is 65.2 Å². The fraction of sp³-hybridized carbons (Fsp3) is 0.636. The molecule has 0 saturated carbocycles. The molecule has 1 rings (SSSR count). The summed E-state index contributed by atoms with van der Waals surface area (Å²) in [6, 6.07) is 5.97. The van der Waals surface area contributed by atoms with Gasteiger partial charge in [-0.1, -0.05) is 26.0 Å². The van der Waals surface area contributed by atoms with Gasteiger partial charge in [-0.2, -0.15) is 0 Å². The first-order valence-electron chi connectivity index (χ1n) is 9.75. The van der Waals surface area contributed by atoms with E-state index < -0.39 is 23.7 Å². The molecule has 0 spiro atoms. The van der Waals surface area contributed by atoms with Gasteiger partial charge in [0.2, 0.25) is 5.91 Å². The molecular weight excluding hydrogens is 356 g/mol. The standard InChI is InChI=1S/C22H36N2O4/c1-14(2)18(23)19(25)24-17(20(26)28-22(6,7)8)13-15-9-11-16(12-10-15)27-21(3,4)5/h9-12,14,17-18H,13,23H2,1-8H3,(H,24,25)/t17-,18-/m0/s1. The summed E-state index contributed by atoms with van der Waals surface area (Å²) in [4.78, 5) is 25.0. The second-order valence-corrected chi connectivity index (χ2v) is 9.43. The van der Waals surface area contributed by atoms with Crippen molar-refractivity contribution >= 4 is 11.9 Å². The normalized spacial score (nSPS) is 14.4. The number of carbonyl (C=O) groups excluding carboxylic acids is 2. The topological polar surface area (TPSA) is 90.7 Å². The van der Waals surface area contributed by atoms with E-state index in [9.17, 15) is 9.59 Å². The predicted octanol–water partition coefficient (Wildman–Crippen LogP) is 3.22. The molecule has 0 aliphatic heterocycles. The van der Waals surface area contributed by atoms with E-state index >= 15 is 0 Å². The van der Waals surface area contributed by atoms with E-state index in [1.165, 1.54) is 0 Å². The zero-order chi connectivity index (χ0) is 21.7. The molecule has 3 N–H and O–H groups in total. The molecule has 6 nitrogen and oxygen atoms in total. The van der Waals surface area contributed by atoms with Crippen molar-refractivity contribution in [3.8, 4) is 5.75 Å². The summed E-state index contributed by atoms with van der Waals surface area (Å²) >= 11 is 0. The molecule has 28 heavy (non-hydrogen) atoms. The molecule has 1 aromatic carbocycles. The molecule has 0 saturated heterocycles. The van der Waals surface area contributed by atoms with Crippen LogP contribution in [0.2, 0.25) is 0 Å². The second-order valence-electron chi connectivity index (χ2n) is 9.43. The third-order valence-corrected chi connectivity index (χ3v) is 3.82. The van der Waals surface area contributed by atoms with Crippen LogP contribution in [0, 0.1) is 5.92 Å². The summed E-state index contributed by atoms with van der Waals surface area (Å²) in [5, 5.41) is 2.75. The summed E-state index contributed by atoms with van der Waals surface area (Å²) in [7, 11) is 0. The van der Waals surface area contributed by atoms with Gasteiger partial charge in [0.25, 0.3) is 0 Å². The Morgan fingerprint density at radius 3 is 1.96 bits per heavy atom. The summed E-state index contributed by atoms with van der Waals surface area (Å²) < 4.78 is 11.3. The van der Waals surface area contributed by atoms with Crippen LogP contribution in [0.4, 0.5) is 0 Å². The van der Waals surface area contributed by atoms with E-state index in [0.29, 0.717) is 6.42 Å². The fourth-order valence-electron chi connectivity index (χ4n) is 2.42. The average molecular weight is 393 g/mol. The van der Waals surface area contributed by atoms with Gasteiger partial charge in [0.1, 0.15) is 23.0 Å². The van der Waals surface area contributed by atoms with Crippen LogP contribution in [-0.2, 0) is 20.7 Å². The van der Waals surface area contributed by atoms with Crippen LogP contribution in [0.3, 0.4) is 0 Å². The van der Waals surface area contributed by atoms with Gasteiger partial charge in [0, 0.05) is 6.42 Å². The average Bonchev–Trinajstić information content (AvgIpc) is 2.52. The lowest BCUT2D eigenvalue weighted by Gasteiger charge is -2.26. The number of benzene rings is 1. The van der Waals surface area contributed by atoms with Crippen molar-refractivity contribution < 1.29 is 19.1 Å². The minimum Gasteiger partial charge on any atom is -0.488 e. The molecule has 0 radical (unpaired) electrons. The molecule has 0 heterocycles. The smallest absolute Gasteiger partial charge is 0.329 e. The molecule has 0 bridgehead atoms. The first-order chi connectivity index (χ1) is 12.7. The molecule has 6 heteroatoms. The van der Waals surface area contributed by atoms with E-state index in [2.05, 4.69) is 5.32 Å². The van der Waals surface area contributed by atoms with Crippen molar-refractivity contribution in [3.63, 3.8) is 0 Å². The third-order valence-electron chi connectivity index (χ3n) is 3.82. The Balaban J connectivity index is 2.95. The minimum atomic E-state index is -0.814. The first kappa shape index (κ1) is 24.0. The molecule has 0 unspecified atom stereocenters. The second kappa shape index (κ2) is 9.41. The summed E-state index contributed by atoms with van der Waals surface area (Å²) in [6.45, 7) is 15.0. The van der Waals surface area contributed by atoms with Crippen molar-refractivity contribution in [1.29, 1.82) is 0 Å².